The van der Waals surface area contributed by atoms with E-state index in [1.807, 2.05) is 0 Å². The molecule has 184 valence electrons. The van der Waals surface area contributed by atoms with Crippen LogP contribution in [0.5, 0.6) is 11.6 Å². The molecule has 0 aliphatic rings. The summed E-state index contributed by atoms with van der Waals surface area (Å²) in [6.45, 7) is -0.243. The fourth-order valence-corrected chi connectivity index (χ4v) is 3.43. The maximum atomic E-state index is 13.2. The minimum atomic E-state index is -1.14. The number of anilines is 2. The van der Waals surface area contributed by atoms with Crippen LogP contribution in [0.1, 0.15) is 12.0 Å². The molecule has 0 fully saturated rings. The first-order chi connectivity index (χ1) is 17.3. The van der Waals surface area contributed by atoms with Crippen molar-refractivity contribution in [3.05, 3.63) is 97.6 Å². The van der Waals surface area contributed by atoms with Gasteiger partial charge in [-0.2, -0.15) is 9.97 Å². The van der Waals surface area contributed by atoms with E-state index in [9.17, 15) is 14.4 Å². The van der Waals surface area contributed by atoms with Gasteiger partial charge in [-0.3, -0.25) is 14.3 Å². The quantitative estimate of drug-likeness (QED) is 0.333. The minimum absolute atomic E-state index is 0.0131. The average Bonchev–Trinajstić information content (AvgIpc) is 2.83. The van der Waals surface area contributed by atoms with Crippen molar-refractivity contribution >= 4 is 40.8 Å². The van der Waals surface area contributed by atoms with Gasteiger partial charge in [-0.1, -0.05) is 35.3 Å². The van der Waals surface area contributed by atoms with Gasteiger partial charge in [0.1, 0.15) is 5.75 Å². The highest BCUT2D eigenvalue weighted by atomic mass is 35.5. The molecule has 4 aromatic rings. The van der Waals surface area contributed by atoms with Gasteiger partial charge in [0, 0.05) is 17.3 Å². The van der Waals surface area contributed by atoms with E-state index in [0.29, 0.717) is 16.5 Å². The second-order valence-corrected chi connectivity index (χ2v) is 8.26. The molecule has 0 amide bonds. The van der Waals surface area contributed by atoms with Crippen LogP contribution in [0, 0.1) is 0 Å². The number of ether oxygens (including phenoxy) is 1. The maximum absolute atomic E-state index is 13.2. The van der Waals surface area contributed by atoms with Gasteiger partial charge in [0.25, 0.3) is 0 Å². The first-order valence-corrected chi connectivity index (χ1v) is 11.2. The van der Waals surface area contributed by atoms with E-state index in [4.69, 9.17) is 33.0 Å². The van der Waals surface area contributed by atoms with Crippen molar-refractivity contribution in [3.8, 4) is 11.6 Å². The number of aromatic nitrogens is 5. The Bertz CT molecular complexity index is 1500. The lowest BCUT2D eigenvalue weighted by Gasteiger charge is -2.16. The Morgan fingerprint density at radius 3 is 2.36 bits per heavy atom. The Kier molecular flexibility index (Phi) is 7.62. The summed E-state index contributed by atoms with van der Waals surface area (Å²) in [7, 11) is 0. The summed E-state index contributed by atoms with van der Waals surface area (Å²) in [5.74, 6) is -0.487. The maximum Gasteiger partial charge on any atom is 0.354 e. The number of halogens is 2. The van der Waals surface area contributed by atoms with E-state index >= 15 is 0 Å². The first-order valence-electron chi connectivity index (χ1n) is 10.5. The molecule has 0 unspecified atom stereocenters. The molecular formula is C23H18Cl2N6O5. The Morgan fingerprint density at radius 2 is 1.69 bits per heavy atom. The van der Waals surface area contributed by atoms with Crippen LogP contribution in [-0.2, 0) is 17.9 Å². The monoisotopic (exact) mass is 528 g/mol. The van der Waals surface area contributed by atoms with Gasteiger partial charge >= 0.3 is 17.3 Å². The molecule has 2 aromatic carbocycles. The van der Waals surface area contributed by atoms with Crippen LogP contribution in [0.15, 0.2) is 70.5 Å². The fraction of sp³-hybridized carbons (Fsp3) is 0.130. The van der Waals surface area contributed by atoms with E-state index in [2.05, 4.69) is 20.3 Å². The SMILES string of the molecule is O=C(O)CCn1c(=O)nc(Nc2ccc(Oc3cncc(Cl)n3)cc2)n(Cc2ccc(Cl)cc2)c1=O. The number of rotatable bonds is 9. The van der Waals surface area contributed by atoms with Gasteiger partial charge in [-0.15, -0.1) is 0 Å². The summed E-state index contributed by atoms with van der Waals surface area (Å²) < 4.78 is 7.65. The second-order valence-electron chi connectivity index (χ2n) is 7.44. The van der Waals surface area contributed by atoms with Crippen LogP contribution in [-0.4, -0.2) is 35.2 Å². The third-order valence-corrected chi connectivity index (χ3v) is 5.30. The van der Waals surface area contributed by atoms with Crippen molar-refractivity contribution in [2.45, 2.75) is 19.5 Å². The van der Waals surface area contributed by atoms with E-state index in [1.165, 1.54) is 17.0 Å². The van der Waals surface area contributed by atoms with E-state index in [1.54, 1.807) is 48.5 Å². The standard InChI is InChI=1S/C23H18Cl2N6O5/c24-15-3-1-14(2-4-15)13-31-21(29-22(34)30(23(31)35)10-9-20(32)33)27-16-5-7-17(8-6-16)36-19-12-26-11-18(25)28-19/h1-8,11-12H,9-10,13H2,(H,32,33)(H,27,29,34). The van der Waals surface area contributed by atoms with Gasteiger partial charge < -0.3 is 15.2 Å². The molecule has 0 radical (unpaired) electrons. The average molecular weight is 529 g/mol. The van der Waals surface area contributed by atoms with Gasteiger partial charge in [0.05, 0.1) is 25.4 Å². The topological polar surface area (TPSA) is 141 Å². The number of carboxylic acid groups (broad SMARTS) is 1. The first kappa shape index (κ1) is 24.9. The molecule has 2 heterocycles. The molecule has 11 nitrogen and oxygen atoms in total. The summed E-state index contributed by atoms with van der Waals surface area (Å²) in [5.41, 5.74) is -0.330. The van der Waals surface area contributed by atoms with E-state index in [0.717, 1.165) is 10.1 Å². The summed E-state index contributed by atoms with van der Waals surface area (Å²) >= 11 is 11.8. The lowest BCUT2D eigenvalue weighted by atomic mass is 10.2. The Morgan fingerprint density at radius 1 is 0.972 bits per heavy atom. The van der Waals surface area contributed by atoms with Gasteiger partial charge in [0.15, 0.2) is 5.15 Å². The van der Waals surface area contributed by atoms with Gasteiger partial charge in [0.2, 0.25) is 11.8 Å². The van der Waals surface area contributed by atoms with Gasteiger partial charge in [-0.05, 0) is 42.0 Å². The third-order valence-electron chi connectivity index (χ3n) is 4.87. The van der Waals surface area contributed by atoms with E-state index < -0.39 is 23.8 Å². The largest absolute Gasteiger partial charge is 0.481 e. The highest BCUT2D eigenvalue weighted by Crippen LogP contribution is 2.23. The van der Waals surface area contributed by atoms with Crippen molar-refractivity contribution in [3.63, 3.8) is 0 Å². The molecule has 4 rings (SSSR count). The van der Waals surface area contributed by atoms with Crippen LogP contribution in [0.4, 0.5) is 11.6 Å². The Balaban J connectivity index is 1.64. The van der Waals surface area contributed by atoms with Crippen LogP contribution >= 0.6 is 23.2 Å². The molecule has 0 bridgehead atoms. The molecule has 0 atom stereocenters. The van der Waals surface area contributed by atoms with Crippen LogP contribution in [0.25, 0.3) is 0 Å². The van der Waals surface area contributed by atoms with Gasteiger partial charge in [-0.25, -0.2) is 14.2 Å². The molecule has 0 saturated heterocycles. The Labute approximate surface area is 213 Å². The number of benzene rings is 2. The van der Waals surface area contributed by atoms with Crippen molar-refractivity contribution in [1.29, 1.82) is 0 Å². The summed E-state index contributed by atoms with van der Waals surface area (Å²) in [6, 6.07) is 13.4. The van der Waals surface area contributed by atoms with Crippen LogP contribution < -0.4 is 21.4 Å². The molecule has 0 spiro atoms. The number of nitrogens with one attached hydrogen (secondary N) is 1. The zero-order chi connectivity index (χ0) is 25.7. The normalized spacial score (nSPS) is 10.7. The number of carboxylic acids is 1. The number of hydrogen-bond acceptors (Lipinski definition) is 8. The number of nitrogens with zero attached hydrogens (tertiary/aromatic N) is 5. The molecular weight excluding hydrogens is 511 g/mol. The van der Waals surface area contributed by atoms with Crippen LogP contribution in [0.3, 0.4) is 0 Å². The van der Waals surface area contributed by atoms with Crippen molar-refractivity contribution in [1.82, 2.24) is 24.1 Å². The molecule has 2 N–H and O–H groups in total. The lowest BCUT2D eigenvalue weighted by molar-refractivity contribution is -0.137. The Hall–Kier alpha value is -4.22. The zero-order valence-electron chi connectivity index (χ0n) is 18.5. The predicted octanol–water partition coefficient (Wildman–Crippen LogP) is 3.56. The highest BCUT2D eigenvalue weighted by Gasteiger charge is 2.15. The van der Waals surface area contributed by atoms with Crippen molar-refractivity contribution in [2.24, 2.45) is 0 Å². The zero-order valence-corrected chi connectivity index (χ0v) is 20.0. The molecule has 13 heteroatoms. The second kappa shape index (κ2) is 11.0. The van der Waals surface area contributed by atoms with E-state index in [-0.39, 0.29) is 30.1 Å². The van der Waals surface area contributed by atoms with Crippen molar-refractivity contribution in [2.75, 3.05) is 5.32 Å². The van der Waals surface area contributed by atoms with Crippen LogP contribution in [0.2, 0.25) is 10.2 Å². The summed E-state index contributed by atoms with van der Waals surface area (Å²) in [4.78, 5) is 48.6. The molecule has 36 heavy (non-hydrogen) atoms. The van der Waals surface area contributed by atoms with Crippen molar-refractivity contribution < 1.29 is 14.6 Å². The number of aliphatic carboxylic acids is 1. The smallest absolute Gasteiger partial charge is 0.354 e. The highest BCUT2D eigenvalue weighted by molar-refractivity contribution is 6.30. The molecule has 0 saturated carbocycles. The number of hydrogen-bond donors (Lipinski definition) is 2. The minimum Gasteiger partial charge on any atom is -0.481 e. The summed E-state index contributed by atoms with van der Waals surface area (Å²) in [6.07, 6.45) is 2.40. The molecule has 2 aromatic heterocycles. The lowest BCUT2D eigenvalue weighted by Crippen LogP contribution is -2.43. The number of carbonyl (C=O) groups is 1. The third kappa shape index (κ3) is 6.26. The molecule has 0 aliphatic carbocycles. The predicted molar refractivity (Wildman–Crippen MR) is 132 cm³/mol. The fourth-order valence-electron chi connectivity index (χ4n) is 3.17. The summed E-state index contributed by atoms with van der Waals surface area (Å²) in [5, 5.41) is 12.7. The molecule has 0 aliphatic heterocycles.